The minimum absolute atomic E-state index is 0.00607. The van der Waals surface area contributed by atoms with Crippen LogP contribution in [0.3, 0.4) is 0 Å². The van der Waals surface area contributed by atoms with Gasteiger partial charge in [0.2, 0.25) is 11.8 Å². The van der Waals surface area contributed by atoms with Crippen molar-refractivity contribution < 1.29 is 23.8 Å². The van der Waals surface area contributed by atoms with E-state index in [0.29, 0.717) is 28.1 Å². The first-order valence-corrected chi connectivity index (χ1v) is 10.1. The number of hydrogen-bond donors (Lipinski definition) is 2. The number of hydrogen-bond acceptors (Lipinski definition) is 8. The number of amidine groups is 1. The van der Waals surface area contributed by atoms with Crippen LogP contribution in [-0.2, 0) is 9.59 Å². The van der Waals surface area contributed by atoms with Crippen molar-refractivity contribution in [1.29, 1.82) is 0 Å². The number of carbonyl (C=O) groups excluding carboxylic acids is 2. The Labute approximate surface area is 183 Å². The molecule has 2 aromatic rings. The molecule has 0 bridgehead atoms. The van der Waals surface area contributed by atoms with E-state index >= 15 is 0 Å². The molecule has 3 rings (SSSR count). The fraction of sp³-hybridized carbons (Fsp3) is 0.238. The second-order valence-electron chi connectivity index (χ2n) is 6.34. The van der Waals surface area contributed by atoms with E-state index in [9.17, 15) is 9.59 Å². The Morgan fingerprint density at radius 3 is 2.68 bits per heavy atom. The van der Waals surface area contributed by atoms with Crippen LogP contribution in [-0.4, -0.2) is 49.8 Å². The van der Waals surface area contributed by atoms with Gasteiger partial charge in [0.25, 0.3) is 0 Å². The Balaban J connectivity index is 1.57. The van der Waals surface area contributed by atoms with Crippen molar-refractivity contribution in [3.05, 3.63) is 48.0 Å². The summed E-state index contributed by atoms with van der Waals surface area (Å²) in [4.78, 5) is 24.5. The quantitative estimate of drug-likeness (QED) is 0.480. The summed E-state index contributed by atoms with van der Waals surface area (Å²) in [6.45, 7) is 0. The number of nitrogens with one attached hydrogen (secondary N) is 2. The molecule has 9 nitrogen and oxygen atoms in total. The van der Waals surface area contributed by atoms with Gasteiger partial charge in [-0.05, 0) is 35.9 Å². The Kier molecular flexibility index (Phi) is 7.50. The molecule has 2 N–H and O–H groups in total. The molecular weight excluding hydrogens is 420 g/mol. The summed E-state index contributed by atoms with van der Waals surface area (Å²) in [6, 6.07) is 12.3. The summed E-state index contributed by atoms with van der Waals surface area (Å²) in [7, 11) is 4.66. The predicted octanol–water partition coefficient (Wildman–Crippen LogP) is 2.66. The summed E-state index contributed by atoms with van der Waals surface area (Å²) in [6.07, 6.45) is 1.54. The third-order valence-corrected chi connectivity index (χ3v) is 5.34. The Bertz CT molecular complexity index is 1020. The van der Waals surface area contributed by atoms with Gasteiger partial charge in [-0.15, -0.1) is 5.10 Å². The first-order valence-electron chi connectivity index (χ1n) is 9.27. The molecule has 0 aromatic heterocycles. The van der Waals surface area contributed by atoms with Crippen molar-refractivity contribution in [2.45, 2.75) is 11.7 Å². The van der Waals surface area contributed by atoms with Gasteiger partial charge in [-0.1, -0.05) is 17.8 Å². The van der Waals surface area contributed by atoms with Crippen molar-refractivity contribution >= 4 is 40.6 Å². The lowest BCUT2D eigenvalue weighted by Crippen LogP contribution is -2.28. The van der Waals surface area contributed by atoms with E-state index in [-0.39, 0.29) is 18.2 Å². The number of anilines is 1. The molecule has 1 aliphatic heterocycles. The minimum atomic E-state index is -0.583. The van der Waals surface area contributed by atoms with Crippen LogP contribution in [0.25, 0.3) is 0 Å². The first kappa shape index (κ1) is 22.2. The maximum absolute atomic E-state index is 12.3. The summed E-state index contributed by atoms with van der Waals surface area (Å²) < 4.78 is 15.6. The lowest BCUT2D eigenvalue weighted by Gasteiger charge is -2.08. The average Bonchev–Trinajstić information content (AvgIpc) is 3.12. The second kappa shape index (κ2) is 10.5. The highest BCUT2D eigenvalue weighted by molar-refractivity contribution is 8.15. The van der Waals surface area contributed by atoms with E-state index in [0.717, 1.165) is 17.3 Å². The largest absolute Gasteiger partial charge is 0.497 e. The van der Waals surface area contributed by atoms with Gasteiger partial charge in [0.1, 0.15) is 11.0 Å². The van der Waals surface area contributed by atoms with Gasteiger partial charge < -0.3 is 24.8 Å². The molecule has 10 heteroatoms. The third kappa shape index (κ3) is 5.98. The number of rotatable bonds is 8. The number of amides is 2. The first-order chi connectivity index (χ1) is 15.0. The van der Waals surface area contributed by atoms with Gasteiger partial charge >= 0.3 is 0 Å². The van der Waals surface area contributed by atoms with Gasteiger partial charge in [-0.3, -0.25) is 9.59 Å². The molecule has 1 aliphatic rings. The van der Waals surface area contributed by atoms with E-state index in [1.807, 2.05) is 0 Å². The fourth-order valence-electron chi connectivity index (χ4n) is 2.75. The molecule has 1 fully saturated rings. The monoisotopic (exact) mass is 442 g/mol. The average molecular weight is 442 g/mol. The molecule has 1 unspecified atom stereocenters. The second-order valence-corrected chi connectivity index (χ2v) is 7.54. The van der Waals surface area contributed by atoms with E-state index < -0.39 is 5.25 Å². The van der Waals surface area contributed by atoms with Crippen molar-refractivity contribution in [3.8, 4) is 17.2 Å². The van der Waals surface area contributed by atoms with Crippen LogP contribution in [0.15, 0.2) is 52.7 Å². The molecular formula is C21H22N4O5S. The lowest BCUT2D eigenvalue weighted by molar-refractivity contribution is -0.122. The van der Waals surface area contributed by atoms with Crippen LogP contribution in [0.2, 0.25) is 0 Å². The lowest BCUT2D eigenvalue weighted by atomic mass is 10.2. The van der Waals surface area contributed by atoms with Crippen molar-refractivity contribution in [2.24, 2.45) is 10.2 Å². The Hall–Kier alpha value is -3.53. The molecule has 0 spiro atoms. The SMILES string of the molecule is COc1cccc(NC(=O)CC2S/C(=N/N=Cc3ccc(OC)c(OC)c3)NC2=O)c1. The highest BCUT2D eigenvalue weighted by Crippen LogP contribution is 2.27. The number of ether oxygens (including phenoxy) is 3. The summed E-state index contributed by atoms with van der Waals surface area (Å²) >= 11 is 1.16. The zero-order valence-corrected chi connectivity index (χ0v) is 18.1. The normalized spacial score (nSPS) is 16.9. The van der Waals surface area contributed by atoms with E-state index in [1.165, 1.54) is 6.21 Å². The molecule has 1 heterocycles. The Morgan fingerprint density at radius 1 is 1.13 bits per heavy atom. The topological polar surface area (TPSA) is 111 Å². The van der Waals surface area contributed by atoms with Gasteiger partial charge in [-0.2, -0.15) is 5.10 Å². The molecule has 2 aromatic carbocycles. The van der Waals surface area contributed by atoms with Crippen LogP contribution in [0, 0.1) is 0 Å². The Morgan fingerprint density at radius 2 is 1.94 bits per heavy atom. The predicted molar refractivity (Wildman–Crippen MR) is 120 cm³/mol. The molecule has 31 heavy (non-hydrogen) atoms. The molecule has 0 aliphatic carbocycles. The van der Waals surface area contributed by atoms with Crippen LogP contribution in [0.4, 0.5) is 5.69 Å². The maximum Gasteiger partial charge on any atom is 0.240 e. The van der Waals surface area contributed by atoms with E-state index in [4.69, 9.17) is 14.2 Å². The molecule has 0 radical (unpaired) electrons. The maximum atomic E-state index is 12.3. The minimum Gasteiger partial charge on any atom is -0.497 e. The summed E-state index contributed by atoms with van der Waals surface area (Å²) in [5, 5.41) is 13.2. The van der Waals surface area contributed by atoms with Gasteiger partial charge in [0, 0.05) is 18.2 Å². The van der Waals surface area contributed by atoms with Crippen LogP contribution in [0.1, 0.15) is 12.0 Å². The van der Waals surface area contributed by atoms with E-state index in [2.05, 4.69) is 20.8 Å². The van der Waals surface area contributed by atoms with Crippen LogP contribution in [0.5, 0.6) is 17.2 Å². The van der Waals surface area contributed by atoms with Crippen LogP contribution >= 0.6 is 11.8 Å². The fourth-order valence-corrected chi connectivity index (χ4v) is 3.67. The number of benzene rings is 2. The van der Waals surface area contributed by atoms with Gasteiger partial charge in [0.05, 0.1) is 27.5 Å². The highest BCUT2D eigenvalue weighted by atomic mass is 32.2. The number of nitrogens with zero attached hydrogens (tertiary/aromatic N) is 2. The number of carbonyl (C=O) groups is 2. The van der Waals surface area contributed by atoms with Crippen LogP contribution < -0.4 is 24.8 Å². The number of thioether (sulfide) groups is 1. The third-order valence-electron chi connectivity index (χ3n) is 4.26. The molecule has 162 valence electrons. The molecule has 1 saturated heterocycles. The number of methoxy groups -OCH3 is 3. The molecule has 1 atom stereocenters. The smallest absolute Gasteiger partial charge is 0.240 e. The van der Waals surface area contributed by atoms with Gasteiger partial charge in [0.15, 0.2) is 16.7 Å². The zero-order chi connectivity index (χ0) is 22.2. The summed E-state index contributed by atoms with van der Waals surface area (Å²) in [5.41, 5.74) is 1.35. The molecule has 0 saturated carbocycles. The zero-order valence-electron chi connectivity index (χ0n) is 17.2. The standard InChI is InChI=1S/C21H22N4O5S/c1-28-15-6-4-5-14(10-15)23-19(26)11-18-20(27)24-21(31-18)25-22-12-13-7-8-16(29-2)17(9-13)30-3/h4-10,12,18H,11H2,1-3H3,(H,23,26)(H,24,25,27). The van der Waals surface area contributed by atoms with Gasteiger partial charge in [-0.25, -0.2) is 0 Å². The summed E-state index contributed by atoms with van der Waals surface area (Å²) in [5.74, 6) is 1.25. The molecule has 2 amide bonds. The van der Waals surface area contributed by atoms with Crippen molar-refractivity contribution in [3.63, 3.8) is 0 Å². The van der Waals surface area contributed by atoms with Crippen molar-refractivity contribution in [1.82, 2.24) is 5.32 Å². The van der Waals surface area contributed by atoms with E-state index in [1.54, 1.807) is 63.8 Å². The highest BCUT2D eigenvalue weighted by Gasteiger charge is 2.32. The van der Waals surface area contributed by atoms with Crippen molar-refractivity contribution in [2.75, 3.05) is 26.6 Å².